The Bertz CT molecular complexity index is 457. The van der Waals surface area contributed by atoms with Crippen LogP contribution in [0.3, 0.4) is 0 Å². The van der Waals surface area contributed by atoms with E-state index < -0.39 is 0 Å². The van der Waals surface area contributed by atoms with E-state index in [1.807, 2.05) is 0 Å². The van der Waals surface area contributed by atoms with Crippen molar-refractivity contribution in [2.75, 3.05) is 11.9 Å². The van der Waals surface area contributed by atoms with Crippen LogP contribution in [-0.2, 0) is 0 Å². The quantitative estimate of drug-likeness (QED) is 0.812. The van der Waals surface area contributed by atoms with Crippen LogP contribution in [0, 0.1) is 5.82 Å². The van der Waals surface area contributed by atoms with Crippen LogP contribution >= 0.6 is 23.3 Å². The first-order valence-corrected chi connectivity index (χ1v) is 5.26. The Balaban J connectivity index is 2.32. The van der Waals surface area contributed by atoms with Gasteiger partial charge in [-0.2, -0.15) is 8.75 Å². The molecule has 2 aromatic rings. The maximum Gasteiger partial charge on any atom is 0.187 e. The van der Waals surface area contributed by atoms with Crippen LogP contribution < -0.4 is 4.90 Å². The fraction of sp³-hybridized carbons (Fsp3) is 0.111. The zero-order chi connectivity index (χ0) is 10.8. The summed E-state index contributed by atoms with van der Waals surface area (Å²) >= 11 is 6.88. The van der Waals surface area contributed by atoms with E-state index in [1.54, 1.807) is 24.1 Å². The van der Waals surface area contributed by atoms with Crippen LogP contribution in [0.4, 0.5) is 15.9 Å². The van der Waals surface area contributed by atoms with E-state index in [2.05, 4.69) is 8.75 Å². The Labute approximate surface area is 95.4 Å². The molecule has 6 heteroatoms. The number of hydrogen-bond acceptors (Lipinski definition) is 4. The maximum absolute atomic E-state index is 12.7. The molecule has 0 fully saturated rings. The Morgan fingerprint density at radius 2 is 1.93 bits per heavy atom. The molecule has 1 aromatic heterocycles. The van der Waals surface area contributed by atoms with Crippen LogP contribution in [0.15, 0.2) is 24.3 Å². The second-order valence-electron chi connectivity index (χ2n) is 2.91. The van der Waals surface area contributed by atoms with Crippen molar-refractivity contribution in [2.24, 2.45) is 0 Å². The number of benzene rings is 1. The van der Waals surface area contributed by atoms with Crippen molar-refractivity contribution in [3.8, 4) is 0 Å². The van der Waals surface area contributed by atoms with E-state index in [9.17, 15) is 4.39 Å². The standard InChI is InChI=1S/C9H7ClFN3S/c1-14(9-8(10)12-15-13-9)7-4-2-6(11)3-5-7/h2-5H,1H3. The van der Waals surface area contributed by atoms with Gasteiger partial charge in [-0.1, -0.05) is 11.6 Å². The molecule has 0 aliphatic heterocycles. The first-order valence-electron chi connectivity index (χ1n) is 4.16. The lowest BCUT2D eigenvalue weighted by Crippen LogP contribution is -2.10. The van der Waals surface area contributed by atoms with Crippen molar-refractivity contribution in [1.82, 2.24) is 8.75 Å². The van der Waals surface area contributed by atoms with Crippen LogP contribution in [0.1, 0.15) is 0 Å². The minimum absolute atomic E-state index is 0.269. The van der Waals surface area contributed by atoms with E-state index in [1.165, 1.54) is 12.1 Å². The van der Waals surface area contributed by atoms with Gasteiger partial charge in [0.25, 0.3) is 0 Å². The smallest absolute Gasteiger partial charge is 0.187 e. The molecule has 78 valence electrons. The molecule has 0 aliphatic rings. The van der Waals surface area contributed by atoms with Crippen LogP contribution in [-0.4, -0.2) is 15.8 Å². The summed E-state index contributed by atoms with van der Waals surface area (Å²) in [5, 5.41) is 0.354. The molecular weight excluding hydrogens is 237 g/mol. The summed E-state index contributed by atoms with van der Waals surface area (Å²) in [6.07, 6.45) is 0. The molecule has 0 unspecified atom stereocenters. The molecule has 0 atom stereocenters. The molecule has 1 aromatic carbocycles. The summed E-state index contributed by atoms with van der Waals surface area (Å²) < 4.78 is 20.6. The van der Waals surface area contributed by atoms with E-state index >= 15 is 0 Å². The van der Waals surface area contributed by atoms with Gasteiger partial charge in [-0.15, -0.1) is 0 Å². The van der Waals surface area contributed by atoms with E-state index in [0.29, 0.717) is 11.0 Å². The zero-order valence-corrected chi connectivity index (χ0v) is 9.39. The van der Waals surface area contributed by atoms with Gasteiger partial charge in [-0.25, -0.2) is 4.39 Å². The molecule has 0 aliphatic carbocycles. The number of anilines is 2. The maximum atomic E-state index is 12.7. The molecule has 0 spiro atoms. The van der Waals surface area contributed by atoms with Gasteiger partial charge < -0.3 is 4.90 Å². The molecule has 0 bridgehead atoms. The summed E-state index contributed by atoms with van der Waals surface area (Å²) in [5.74, 6) is 0.308. The van der Waals surface area contributed by atoms with E-state index in [0.717, 1.165) is 17.4 Å². The molecule has 0 radical (unpaired) electrons. The summed E-state index contributed by atoms with van der Waals surface area (Å²) in [7, 11) is 1.80. The third kappa shape index (κ3) is 2.08. The average molecular weight is 244 g/mol. The third-order valence-corrected chi connectivity index (χ3v) is 2.84. The van der Waals surface area contributed by atoms with Gasteiger partial charge in [0.15, 0.2) is 11.0 Å². The predicted molar refractivity (Wildman–Crippen MR) is 59.4 cm³/mol. The fourth-order valence-electron chi connectivity index (χ4n) is 1.16. The Kier molecular flexibility index (Phi) is 2.83. The summed E-state index contributed by atoms with van der Waals surface area (Å²) in [4.78, 5) is 1.76. The van der Waals surface area contributed by atoms with Gasteiger partial charge in [0, 0.05) is 12.7 Å². The zero-order valence-electron chi connectivity index (χ0n) is 7.82. The molecule has 0 amide bonds. The minimum atomic E-state index is -0.269. The van der Waals surface area contributed by atoms with E-state index in [4.69, 9.17) is 11.6 Å². The molecule has 0 saturated heterocycles. The Hall–Kier alpha value is -1.20. The van der Waals surface area contributed by atoms with Crippen molar-refractivity contribution in [1.29, 1.82) is 0 Å². The van der Waals surface area contributed by atoms with Crippen LogP contribution in [0.2, 0.25) is 5.15 Å². The Morgan fingerprint density at radius 1 is 1.27 bits per heavy atom. The molecular formula is C9H7ClFN3S. The van der Waals surface area contributed by atoms with Crippen molar-refractivity contribution >= 4 is 34.8 Å². The highest BCUT2D eigenvalue weighted by atomic mass is 35.5. The molecule has 2 rings (SSSR count). The van der Waals surface area contributed by atoms with E-state index in [-0.39, 0.29) is 5.82 Å². The number of hydrogen-bond donors (Lipinski definition) is 0. The lowest BCUT2D eigenvalue weighted by atomic mass is 10.3. The van der Waals surface area contributed by atoms with Gasteiger partial charge in [0.2, 0.25) is 0 Å². The molecule has 3 nitrogen and oxygen atoms in total. The van der Waals surface area contributed by atoms with Gasteiger partial charge in [-0.05, 0) is 24.3 Å². The predicted octanol–water partition coefficient (Wildman–Crippen LogP) is 3.10. The first kappa shape index (κ1) is 10.3. The second kappa shape index (κ2) is 4.12. The minimum Gasteiger partial charge on any atom is -0.326 e. The normalized spacial score (nSPS) is 10.3. The largest absolute Gasteiger partial charge is 0.326 e. The van der Waals surface area contributed by atoms with Crippen molar-refractivity contribution in [2.45, 2.75) is 0 Å². The lowest BCUT2D eigenvalue weighted by molar-refractivity contribution is 0.628. The highest BCUT2D eigenvalue weighted by Crippen LogP contribution is 2.28. The van der Waals surface area contributed by atoms with Crippen molar-refractivity contribution in [3.63, 3.8) is 0 Å². The summed E-state index contributed by atoms with van der Waals surface area (Å²) in [6, 6.07) is 6.09. The number of rotatable bonds is 2. The highest BCUT2D eigenvalue weighted by molar-refractivity contribution is 6.99. The monoisotopic (exact) mass is 243 g/mol. The molecule has 1 heterocycles. The first-order chi connectivity index (χ1) is 7.18. The molecule has 15 heavy (non-hydrogen) atoms. The topological polar surface area (TPSA) is 29.0 Å². The SMILES string of the molecule is CN(c1ccc(F)cc1)c1nsnc1Cl. The van der Waals surface area contributed by atoms with Gasteiger partial charge in [0.05, 0.1) is 11.7 Å². The summed E-state index contributed by atoms with van der Waals surface area (Å²) in [5.41, 5.74) is 0.811. The van der Waals surface area contributed by atoms with Crippen LogP contribution in [0.5, 0.6) is 0 Å². The van der Waals surface area contributed by atoms with Crippen molar-refractivity contribution in [3.05, 3.63) is 35.2 Å². The van der Waals surface area contributed by atoms with Gasteiger partial charge in [0.1, 0.15) is 5.82 Å². The van der Waals surface area contributed by atoms with Crippen LogP contribution in [0.25, 0.3) is 0 Å². The number of aromatic nitrogens is 2. The Morgan fingerprint density at radius 3 is 2.47 bits per heavy atom. The lowest BCUT2D eigenvalue weighted by Gasteiger charge is -2.15. The summed E-state index contributed by atoms with van der Waals surface area (Å²) in [6.45, 7) is 0. The highest BCUT2D eigenvalue weighted by Gasteiger charge is 2.12. The van der Waals surface area contributed by atoms with Gasteiger partial charge >= 0.3 is 0 Å². The van der Waals surface area contributed by atoms with Gasteiger partial charge in [-0.3, -0.25) is 0 Å². The number of nitrogens with zero attached hydrogens (tertiary/aromatic N) is 3. The fourth-order valence-corrected chi connectivity index (χ4v) is 1.95. The molecule has 0 saturated carbocycles. The average Bonchev–Trinajstić information content (AvgIpc) is 2.65. The van der Waals surface area contributed by atoms with Crippen molar-refractivity contribution < 1.29 is 4.39 Å². The second-order valence-corrected chi connectivity index (χ2v) is 3.80. The third-order valence-electron chi connectivity index (χ3n) is 1.96. The number of halogens is 2. The molecule has 0 N–H and O–H groups in total.